The first-order valence-electron chi connectivity index (χ1n) is 27.1. The van der Waals surface area contributed by atoms with Gasteiger partial charge in [0.2, 0.25) is 0 Å². The molecule has 0 fully saturated rings. The summed E-state index contributed by atoms with van der Waals surface area (Å²) in [6.07, 6.45) is 0. The van der Waals surface area contributed by atoms with Crippen molar-refractivity contribution in [2.75, 3.05) is 9.80 Å². The lowest BCUT2D eigenvalue weighted by atomic mass is 9.36. The number of hydrogen-bond donors (Lipinski definition) is 0. The molecule has 0 saturated heterocycles. The second kappa shape index (κ2) is 14.9. The van der Waals surface area contributed by atoms with Gasteiger partial charge in [-0.15, -0.1) is 11.3 Å². The molecule has 1 aromatic heterocycles. The van der Waals surface area contributed by atoms with Crippen LogP contribution in [0, 0.1) is 20.8 Å². The molecule has 2 aliphatic heterocycles. The summed E-state index contributed by atoms with van der Waals surface area (Å²) in [4.78, 5) is 6.75. The van der Waals surface area contributed by atoms with E-state index in [0.29, 0.717) is 5.92 Å². The highest BCUT2D eigenvalue weighted by molar-refractivity contribution is 7.30. The SMILES string of the molecule is Cc1ccc(N2c3cc4c(cc3B3c5sc6c(c5N(c5ccc(C)cc5)c5cc(C)cc2c53)-c2ccc(C(C)C)cc2C62c3ccccc3-c3ccccc32)-c2ccccc2C42c3ccccc3-c3ccccc32)cc1. The summed E-state index contributed by atoms with van der Waals surface area (Å²) >= 11 is 2.08. The lowest BCUT2D eigenvalue weighted by molar-refractivity contribution is 0.794. The fourth-order valence-electron chi connectivity index (χ4n) is 15.3. The fraction of sp³-hybridized carbons (Fsp3) is 0.111. The van der Waals surface area contributed by atoms with Crippen LogP contribution in [0.25, 0.3) is 44.5 Å². The van der Waals surface area contributed by atoms with Crippen molar-refractivity contribution in [3.05, 3.63) is 278 Å². The van der Waals surface area contributed by atoms with Gasteiger partial charge < -0.3 is 9.80 Å². The first-order valence-corrected chi connectivity index (χ1v) is 28.0. The van der Waals surface area contributed by atoms with Crippen molar-refractivity contribution >= 4 is 67.9 Å². The first-order chi connectivity index (χ1) is 37.3. The van der Waals surface area contributed by atoms with Gasteiger partial charge in [0.1, 0.15) is 0 Å². The van der Waals surface area contributed by atoms with Crippen molar-refractivity contribution in [1.29, 1.82) is 0 Å². The molecule has 0 bridgehead atoms. The van der Waals surface area contributed by atoms with Crippen LogP contribution in [-0.2, 0) is 10.8 Å². The molecule has 4 aliphatic carbocycles. The van der Waals surface area contributed by atoms with Gasteiger partial charge in [-0.2, -0.15) is 0 Å². The number of rotatable bonds is 3. The molecular formula is C72H51BN2S. The summed E-state index contributed by atoms with van der Waals surface area (Å²) in [5, 5.41) is 0. The third kappa shape index (κ3) is 5.10. The molecule has 17 rings (SSSR count). The molecule has 76 heavy (non-hydrogen) atoms. The fourth-order valence-corrected chi connectivity index (χ4v) is 17.0. The van der Waals surface area contributed by atoms with Crippen LogP contribution in [0.3, 0.4) is 0 Å². The molecule has 0 atom stereocenters. The number of thiophene rings is 1. The smallest absolute Gasteiger partial charge is 0.264 e. The van der Waals surface area contributed by atoms with E-state index < -0.39 is 10.8 Å². The summed E-state index contributed by atoms with van der Waals surface area (Å²) in [5.74, 6) is 0.381. The van der Waals surface area contributed by atoms with Crippen LogP contribution >= 0.6 is 11.3 Å². The van der Waals surface area contributed by atoms with Crippen molar-refractivity contribution in [1.82, 2.24) is 0 Å². The third-order valence-corrected chi connectivity index (χ3v) is 19.8. The second-order valence-corrected chi connectivity index (χ2v) is 23.7. The van der Waals surface area contributed by atoms with E-state index in [1.807, 2.05) is 0 Å². The van der Waals surface area contributed by atoms with Crippen LogP contribution in [0.5, 0.6) is 0 Å². The Morgan fingerprint density at radius 3 is 1.38 bits per heavy atom. The maximum Gasteiger partial charge on any atom is 0.264 e. The largest absolute Gasteiger partial charge is 0.311 e. The maximum atomic E-state index is 2.68. The predicted molar refractivity (Wildman–Crippen MR) is 319 cm³/mol. The molecule has 358 valence electrons. The van der Waals surface area contributed by atoms with Crippen molar-refractivity contribution in [3.63, 3.8) is 0 Å². The summed E-state index contributed by atoms with van der Waals surface area (Å²) in [6, 6.07) is 82.8. The summed E-state index contributed by atoms with van der Waals surface area (Å²) in [5.41, 5.74) is 34.6. The number of nitrogens with zero attached hydrogens (tertiary/aromatic N) is 2. The van der Waals surface area contributed by atoms with Crippen molar-refractivity contribution in [3.8, 4) is 44.5 Å². The molecule has 6 aliphatic rings. The molecule has 0 radical (unpaired) electrons. The zero-order valence-electron chi connectivity index (χ0n) is 43.2. The van der Waals surface area contributed by atoms with E-state index in [1.165, 1.54) is 160 Å². The standard InChI is InChI=1S/C72H51BN2S/c1-41(2)45-30-35-53-60(38-45)72(58-24-14-8-18-50(58)51-19-9-15-25-59(51)72)69-66(53)68-70(76-69)73-62-39-54-52-20-10-13-23-57(52)71(55-21-11-6-16-48(55)49-17-7-12-22-56(49)71)61(54)40-63(62)74(46-31-26-42(3)27-32-46)64-36-44(5)37-65(67(64)73)75(68)47-33-28-43(4)29-34-47/h6-41H,1-5H3. The topological polar surface area (TPSA) is 6.48 Å². The minimum absolute atomic E-state index is 0.0610. The van der Waals surface area contributed by atoms with Gasteiger partial charge in [-0.25, -0.2) is 0 Å². The van der Waals surface area contributed by atoms with Gasteiger partial charge in [-0.3, -0.25) is 0 Å². The summed E-state index contributed by atoms with van der Waals surface area (Å²) in [6.45, 7) is 11.3. The Labute approximate surface area is 449 Å². The number of fused-ring (bicyclic) bond motifs is 25. The number of benzene rings is 10. The Kier molecular flexibility index (Phi) is 8.41. The molecule has 0 saturated carbocycles. The van der Waals surface area contributed by atoms with E-state index in [1.54, 1.807) is 0 Å². The molecule has 2 spiro atoms. The van der Waals surface area contributed by atoms with Crippen LogP contribution in [-0.4, -0.2) is 6.71 Å². The minimum atomic E-state index is -0.493. The van der Waals surface area contributed by atoms with Gasteiger partial charge in [-0.1, -0.05) is 195 Å². The van der Waals surface area contributed by atoms with Crippen LogP contribution in [0.15, 0.2) is 212 Å². The van der Waals surface area contributed by atoms with E-state index in [0.717, 1.165) is 0 Å². The summed E-state index contributed by atoms with van der Waals surface area (Å²) in [7, 11) is 0. The normalized spacial score (nSPS) is 15.2. The molecule has 0 unspecified atom stereocenters. The maximum absolute atomic E-state index is 2.68. The van der Waals surface area contributed by atoms with E-state index in [-0.39, 0.29) is 6.71 Å². The number of anilines is 6. The monoisotopic (exact) mass is 986 g/mol. The Hall–Kier alpha value is -8.44. The van der Waals surface area contributed by atoms with Crippen LogP contribution in [0.4, 0.5) is 34.1 Å². The van der Waals surface area contributed by atoms with Crippen molar-refractivity contribution < 1.29 is 0 Å². The first kappa shape index (κ1) is 42.9. The van der Waals surface area contributed by atoms with Crippen molar-refractivity contribution in [2.45, 2.75) is 51.4 Å². The Balaban J connectivity index is 1.03. The summed E-state index contributed by atoms with van der Waals surface area (Å²) < 4.78 is 1.41. The molecule has 2 nitrogen and oxygen atoms in total. The lowest BCUT2D eigenvalue weighted by Crippen LogP contribution is -2.60. The highest BCUT2D eigenvalue weighted by Gasteiger charge is 2.58. The molecule has 11 aromatic rings. The van der Waals surface area contributed by atoms with Gasteiger partial charge in [0, 0.05) is 43.7 Å². The molecule has 4 heteroatoms. The zero-order chi connectivity index (χ0) is 50.5. The molecule has 3 heterocycles. The van der Waals surface area contributed by atoms with E-state index in [9.17, 15) is 0 Å². The Bertz CT molecular complexity index is 4290. The van der Waals surface area contributed by atoms with E-state index in [4.69, 9.17) is 0 Å². The van der Waals surface area contributed by atoms with Gasteiger partial charge >= 0.3 is 0 Å². The molecule has 10 aromatic carbocycles. The van der Waals surface area contributed by atoms with Crippen LogP contribution in [0.2, 0.25) is 0 Å². The van der Waals surface area contributed by atoms with Gasteiger partial charge in [-0.05, 0) is 169 Å². The Morgan fingerprint density at radius 2 is 0.855 bits per heavy atom. The van der Waals surface area contributed by atoms with Gasteiger partial charge in [0.15, 0.2) is 0 Å². The lowest BCUT2D eigenvalue weighted by Gasteiger charge is -2.44. The average Bonchev–Trinajstić information content (AvgIpc) is 4.26. The van der Waals surface area contributed by atoms with Gasteiger partial charge in [0.25, 0.3) is 6.71 Å². The minimum Gasteiger partial charge on any atom is -0.311 e. The highest BCUT2D eigenvalue weighted by atomic mass is 32.1. The second-order valence-electron chi connectivity index (χ2n) is 22.7. The molecular weight excluding hydrogens is 936 g/mol. The van der Waals surface area contributed by atoms with E-state index in [2.05, 4.69) is 268 Å². The quantitative estimate of drug-likeness (QED) is 0.163. The van der Waals surface area contributed by atoms with Gasteiger partial charge in [0.05, 0.1) is 16.5 Å². The molecule has 0 N–H and O–H groups in total. The molecule has 0 amide bonds. The van der Waals surface area contributed by atoms with E-state index >= 15 is 0 Å². The number of aryl methyl sites for hydroxylation is 3. The van der Waals surface area contributed by atoms with Crippen molar-refractivity contribution in [2.24, 2.45) is 0 Å². The van der Waals surface area contributed by atoms with Crippen LogP contribution in [0.1, 0.15) is 85.8 Å². The van der Waals surface area contributed by atoms with Crippen LogP contribution < -0.4 is 25.5 Å². The zero-order valence-corrected chi connectivity index (χ0v) is 44.0. The highest BCUT2D eigenvalue weighted by Crippen LogP contribution is 2.68. The number of hydrogen-bond acceptors (Lipinski definition) is 3. The Morgan fingerprint density at radius 1 is 0.395 bits per heavy atom. The predicted octanol–water partition coefficient (Wildman–Crippen LogP) is 16.6. The average molecular weight is 987 g/mol. The third-order valence-electron chi connectivity index (χ3n) is 18.4.